The van der Waals surface area contributed by atoms with Crippen molar-refractivity contribution in [2.75, 3.05) is 20.1 Å². The normalized spacial score (nSPS) is 10.9. The van der Waals surface area contributed by atoms with Crippen molar-refractivity contribution in [2.24, 2.45) is 5.84 Å². The molecular formula is C10H16FN3. The zero-order valence-electron chi connectivity index (χ0n) is 8.33. The van der Waals surface area contributed by atoms with E-state index in [1.165, 1.54) is 12.1 Å². The second kappa shape index (κ2) is 5.70. The monoisotopic (exact) mass is 197 g/mol. The molecule has 0 unspecified atom stereocenters. The number of nitrogens with one attached hydrogen (secondary N) is 1. The molecular weight excluding hydrogens is 181 g/mol. The fourth-order valence-electron chi connectivity index (χ4n) is 1.24. The number of likely N-dealkylation sites (N-methyl/N-ethyl adjacent to an activating group) is 1. The summed E-state index contributed by atoms with van der Waals surface area (Å²) in [5, 5.41) is 0. The highest BCUT2D eigenvalue weighted by Gasteiger charge is 1.99. The SMILES string of the molecule is CN(CCNN)Cc1ccc(F)cc1. The maximum Gasteiger partial charge on any atom is 0.123 e. The third kappa shape index (κ3) is 3.83. The van der Waals surface area contributed by atoms with Crippen LogP contribution in [0.1, 0.15) is 5.56 Å². The van der Waals surface area contributed by atoms with E-state index >= 15 is 0 Å². The van der Waals surface area contributed by atoms with Gasteiger partial charge in [0, 0.05) is 19.6 Å². The van der Waals surface area contributed by atoms with Crippen molar-refractivity contribution >= 4 is 0 Å². The lowest BCUT2D eigenvalue weighted by molar-refractivity contribution is 0.325. The molecule has 0 saturated carbocycles. The molecule has 78 valence electrons. The summed E-state index contributed by atoms with van der Waals surface area (Å²) in [6.45, 7) is 2.42. The Balaban J connectivity index is 2.39. The standard InChI is InChI=1S/C10H16FN3/c1-14(7-6-13-12)8-9-2-4-10(11)5-3-9/h2-5,13H,6-8,12H2,1H3. The highest BCUT2D eigenvalue weighted by molar-refractivity contribution is 5.15. The van der Waals surface area contributed by atoms with Crippen LogP contribution in [0.4, 0.5) is 4.39 Å². The molecule has 0 fully saturated rings. The molecule has 0 aliphatic carbocycles. The van der Waals surface area contributed by atoms with Gasteiger partial charge in [-0.3, -0.25) is 11.3 Å². The van der Waals surface area contributed by atoms with Crippen LogP contribution in [0.3, 0.4) is 0 Å². The Kier molecular flexibility index (Phi) is 4.52. The average molecular weight is 197 g/mol. The molecule has 0 bridgehead atoms. The lowest BCUT2D eigenvalue weighted by Crippen LogP contribution is -2.32. The maximum atomic E-state index is 12.6. The summed E-state index contributed by atoms with van der Waals surface area (Å²) in [6.07, 6.45) is 0. The largest absolute Gasteiger partial charge is 0.301 e. The fraction of sp³-hybridized carbons (Fsp3) is 0.400. The summed E-state index contributed by atoms with van der Waals surface area (Å²) < 4.78 is 12.6. The molecule has 0 spiro atoms. The Morgan fingerprint density at radius 2 is 2.00 bits per heavy atom. The molecule has 0 aliphatic rings. The number of nitrogens with zero attached hydrogens (tertiary/aromatic N) is 1. The molecule has 4 heteroatoms. The van der Waals surface area contributed by atoms with Gasteiger partial charge in [-0.2, -0.15) is 0 Å². The van der Waals surface area contributed by atoms with E-state index in [0.29, 0.717) is 0 Å². The molecule has 1 aromatic carbocycles. The highest BCUT2D eigenvalue weighted by Crippen LogP contribution is 2.04. The predicted octanol–water partition coefficient (Wildman–Crippen LogP) is 0.721. The minimum atomic E-state index is -0.194. The van der Waals surface area contributed by atoms with Gasteiger partial charge in [-0.15, -0.1) is 0 Å². The van der Waals surface area contributed by atoms with Crippen molar-refractivity contribution < 1.29 is 4.39 Å². The van der Waals surface area contributed by atoms with Crippen LogP contribution < -0.4 is 11.3 Å². The minimum absolute atomic E-state index is 0.194. The third-order valence-electron chi connectivity index (χ3n) is 2.00. The number of hydrogen-bond acceptors (Lipinski definition) is 3. The minimum Gasteiger partial charge on any atom is -0.301 e. The molecule has 3 nitrogen and oxygen atoms in total. The van der Waals surface area contributed by atoms with E-state index in [2.05, 4.69) is 10.3 Å². The number of hydrazine groups is 1. The summed E-state index contributed by atoms with van der Waals surface area (Å²) in [4.78, 5) is 2.12. The number of rotatable bonds is 5. The molecule has 0 aliphatic heterocycles. The van der Waals surface area contributed by atoms with Crippen molar-refractivity contribution in [1.29, 1.82) is 0 Å². The van der Waals surface area contributed by atoms with Gasteiger partial charge in [-0.25, -0.2) is 4.39 Å². The zero-order valence-corrected chi connectivity index (χ0v) is 8.33. The first-order chi connectivity index (χ1) is 6.72. The van der Waals surface area contributed by atoms with E-state index in [0.717, 1.165) is 25.2 Å². The van der Waals surface area contributed by atoms with Crippen LogP contribution in [0, 0.1) is 5.82 Å². The lowest BCUT2D eigenvalue weighted by atomic mass is 10.2. The summed E-state index contributed by atoms with van der Waals surface area (Å²) in [5.74, 6) is 4.97. The van der Waals surface area contributed by atoms with Crippen LogP contribution in [-0.4, -0.2) is 25.0 Å². The van der Waals surface area contributed by atoms with Crippen LogP contribution in [0.5, 0.6) is 0 Å². The van der Waals surface area contributed by atoms with Crippen LogP contribution in [-0.2, 0) is 6.54 Å². The highest BCUT2D eigenvalue weighted by atomic mass is 19.1. The molecule has 1 rings (SSSR count). The van der Waals surface area contributed by atoms with Crippen molar-refractivity contribution in [1.82, 2.24) is 10.3 Å². The van der Waals surface area contributed by atoms with Gasteiger partial charge in [-0.05, 0) is 24.7 Å². The topological polar surface area (TPSA) is 41.3 Å². The summed E-state index contributed by atoms with van der Waals surface area (Å²) in [6, 6.07) is 6.54. The second-order valence-corrected chi connectivity index (χ2v) is 3.32. The first-order valence-corrected chi connectivity index (χ1v) is 4.59. The summed E-state index contributed by atoms with van der Waals surface area (Å²) in [5.41, 5.74) is 3.69. The number of benzene rings is 1. The smallest absolute Gasteiger partial charge is 0.123 e. The molecule has 0 saturated heterocycles. The van der Waals surface area contributed by atoms with E-state index in [-0.39, 0.29) is 5.82 Å². The molecule has 1 aromatic rings. The summed E-state index contributed by atoms with van der Waals surface area (Å²) in [7, 11) is 2.00. The van der Waals surface area contributed by atoms with E-state index < -0.39 is 0 Å². The Hall–Kier alpha value is -0.970. The zero-order chi connectivity index (χ0) is 10.4. The van der Waals surface area contributed by atoms with Gasteiger partial charge in [0.2, 0.25) is 0 Å². The van der Waals surface area contributed by atoms with Crippen LogP contribution in [0.25, 0.3) is 0 Å². The Labute approximate surface area is 83.7 Å². The van der Waals surface area contributed by atoms with Gasteiger partial charge in [0.1, 0.15) is 5.82 Å². The lowest BCUT2D eigenvalue weighted by Gasteiger charge is -2.15. The first-order valence-electron chi connectivity index (χ1n) is 4.59. The van der Waals surface area contributed by atoms with Crippen LogP contribution >= 0.6 is 0 Å². The van der Waals surface area contributed by atoms with Crippen LogP contribution in [0.15, 0.2) is 24.3 Å². The van der Waals surface area contributed by atoms with E-state index in [4.69, 9.17) is 5.84 Å². The van der Waals surface area contributed by atoms with E-state index in [1.807, 2.05) is 7.05 Å². The Morgan fingerprint density at radius 1 is 1.36 bits per heavy atom. The third-order valence-corrected chi connectivity index (χ3v) is 2.00. The van der Waals surface area contributed by atoms with Crippen molar-refractivity contribution in [3.8, 4) is 0 Å². The second-order valence-electron chi connectivity index (χ2n) is 3.32. The van der Waals surface area contributed by atoms with Gasteiger partial charge in [0.05, 0.1) is 0 Å². The average Bonchev–Trinajstić information content (AvgIpc) is 2.18. The van der Waals surface area contributed by atoms with E-state index in [9.17, 15) is 4.39 Å². The molecule has 0 atom stereocenters. The quantitative estimate of drug-likeness (QED) is 0.540. The Morgan fingerprint density at radius 3 is 2.57 bits per heavy atom. The molecule has 0 heterocycles. The molecule has 0 amide bonds. The van der Waals surface area contributed by atoms with Gasteiger partial charge in [-0.1, -0.05) is 12.1 Å². The maximum absolute atomic E-state index is 12.6. The summed E-state index contributed by atoms with van der Waals surface area (Å²) >= 11 is 0. The van der Waals surface area contributed by atoms with Crippen molar-refractivity contribution in [3.05, 3.63) is 35.6 Å². The fourth-order valence-corrected chi connectivity index (χ4v) is 1.24. The predicted molar refractivity (Wildman–Crippen MR) is 54.9 cm³/mol. The number of nitrogens with two attached hydrogens (primary N) is 1. The Bertz CT molecular complexity index is 261. The van der Waals surface area contributed by atoms with Crippen molar-refractivity contribution in [2.45, 2.75) is 6.54 Å². The number of halogens is 1. The van der Waals surface area contributed by atoms with E-state index in [1.54, 1.807) is 12.1 Å². The first kappa shape index (κ1) is 11.1. The number of hydrogen-bond donors (Lipinski definition) is 2. The van der Waals surface area contributed by atoms with Gasteiger partial charge >= 0.3 is 0 Å². The van der Waals surface area contributed by atoms with Gasteiger partial charge in [0.25, 0.3) is 0 Å². The molecule has 14 heavy (non-hydrogen) atoms. The van der Waals surface area contributed by atoms with Crippen LogP contribution in [0.2, 0.25) is 0 Å². The van der Waals surface area contributed by atoms with Gasteiger partial charge in [0.15, 0.2) is 0 Å². The molecule has 0 radical (unpaired) electrons. The van der Waals surface area contributed by atoms with Gasteiger partial charge < -0.3 is 4.90 Å². The molecule has 3 N–H and O–H groups in total. The van der Waals surface area contributed by atoms with Crippen molar-refractivity contribution in [3.63, 3.8) is 0 Å². The molecule has 0 aromatic heterocycles.